The Morgan fingerprint density at radius 3 is 2.10 bits per heavy atom. The number of ether oxygens (including phenoxy) is 1. The van der Waals surface area contributed by atoms with Gasteiger partial charge >= 0.3 is 5.97 Å². The van der Waals surface area contributed by atoms with Gasteiger partial charge in [0.2, 0.25) is 5.78 Å². The van der Waals surface area contributed by atoms with Crippen LogP contribution in [0, 0.1) is 5.92 Å². The molecule has 0 aliphatic carbocycles. The Morgan fingerprint density at radius 2 is 1.54 bits per heavy atom. The molecule has 2 saturated heterocycles. The number of Topliss-reactive ketones (excluding diaryl/α,β-unsaturated/α-hetero) is 2. The number of ketones is 2. The van der Waals surface area contributed by atoms with Crippen LogP contribution in [0.1, 0.15) is 60.7 Å². The average molecular weight is 552 g/mol. The molecule has 208 valence electrons. The fourth-order valence-corrected chi connectivity index (χ4v) is 5.74. The van der Waals surface area contributed by atoms with Crippen molar-refractivity contribution in [1.82, 2.24) is 10.2 Å². The molecule has 0 saturated carbocycles. The zero-order valence-electron chi connectivity index (χ0n) is 22.9. The molecule has 0 aromatic heterocycles. The molecule has 39 heavy (non-hydrogen) atoms. The maximum absolute atomic E-state index is 13.2. The van der Waals surface area contributed by atoms with E-state index in [-0.39, 0.29) is 17.3 Å². The lowest BCUT2D eigenvalue weighted by molar-refractivity contribution is -0.140. The first-order valence-electron chi connectivity index (χ1n) is 13.5. The van der Waals surface area contributed by atoms with Crippen LogP contribution in [0.25, 0.3) is 0 Å². The van der Waals surface area contributed by atoms with Crippen molar-refractivity contribution >= 4 is 35.0 Å². The van der Waals surface area contributed by atoms with Gasteiger partial charge in [-0.3, -0.25) is 14.5 Å². The maximum atomic E-state index is 13.2. The summed E-state index contributed by atoms with van der Waals surface area (Å²) in [5.74, 6) is -0.347. The molecule has 0 unspecified atom stereocenters. The number of piperidine rings is 1. The van der Waals surface area contributed by atoms with E-state index in [0.717, 1.165) is 48.8 Å². The van der Waals surface area contributed by atoms with Crippen LogP contribution in [0.3, 0.4) is 0 Å². The van der Waals surface area contributed by atoms with Crippen LogP contribution in [0.5, 0.6) is 0 Å². The van der Waals surface area contributed by atoms with Crippen LogP contribution in [0.4, 0.5) is 0 Å². The zero-order valence-corrected chi connectivity index (χ0v) is 23.7. The van der Waals surface area contributed by atoms with E-state index >= 15 is 0 Å². The Kier molecular flexibility index (Phi) is 10.1. The number of rotatable bonds is 10. The van der Waals surface area contributed by atoms with Crippen LogP contribution in [0.15, 0.2) is 63.5 Å². The molecular formula is C30H37N3O5S. The molecule has 2 fully saturated rings. The number of oxime groups is 1. The highest BCUT2D eigenvalue weighted by atomic mass is 32.2. The van der Waals surface area contributed by atoms with E-state index in [0.29, 0.717) is 36.7 Å². The topological polar surface area (TPSA) is 97.3 Å². The summed E-state index contributed by atoms with van der Waals surface area (Å²) in [5.41, 5.74) is 0.875. The number of hydrogen-bond donors (Lipinski definition) is 1. The Bertz CT molecular complexity index is 1180. The summed E-state index contributed by atoms with van der Waals surface area (Å²) in [6.45, 7) is 9.83. The second-order valence-electron chi connectivity index (χ2n) is 10.5. The first-order valence-corrected chi connectivity index (χ1v) is 14.3. The van der Waals surface area contributed by atoms with E-state index in [1.165, 1.54) is 6.92 Å². The first-order chi connectivity index (χ1) is 18.7. The summed E-state index contributed by atoms with van der Waals surface area (Å²) >= 11 is 1.56. The standard InChI is InChI=1S/C30H37N3O5S/c1-21(34)38-32-27(20-22-12-14-31-15-13-22)28(35)23-4-8-25(9-5-23)39-26-10-6-24(7-11-26)29(36)30(2,3)33-16-18-37-19-17-33/h4-11,22,31H,12-20H2,1-3H3/b32-27+. The van der Waals surface area contributed by atoms with E-state index in [1.807, 2.05) is 50.2 Å². The minimum Gasteiger partial charge on any atom is -0.379 e. The van der Waals surface area contributed by atoms with Gasteiger partial charge in [-0.2, -0.15) is 0 Å². The lowest BCUT2D eigenvalue weighted by Gasteiger charge is -2.39. The highest BCUT2D eigenvalue weighted by Gasteiger charge is 2.35. The number of nitrogens with zero attached hydrogens (tertiary/aromatic N) is 2. The van der Waals surface area contributed by atoms with Crippen molar-refractivity contribution in [2.75, 3.05) is 39.4 Å². The molecule has 0 bridgehead atoms. The Balaban J connectivity index is 1.40. The molecule has 2 aromatic rings. The monoisotopic (exact) mass is 551 g/mol. The highest BCUT2D eigenvalue weighted by molar-refractivity contribution is 7.99. The summed E-state index contributed by atoms with van der Waals surface area (Å²) < 4.78 is 5.43. The van der Waals surface area contributed by atoms with Gasteiger partial charge < -0.3 is 14.9 Å². The molecule has 9 heteroatoms. The lowest BCUT2D eigenvalue weighted by atomic mass is 9.90. The lowest BCUT2D eigenvalue weighted by Crippen LogP contribution is -2.54. The largest absolute Gasteiger partial charge is 0.379 e. The third kappa shape index (κ3) is 7.85. The number of carbonyl (C=O) groups is 3. The van der Waals surface area contributed by atoms with E-state index in [1.54, 1.807) is 23.9 Å². The predicted octanol–water partition coefficient (Wildman–Crippen LogP) is 4.62. The van der Waals surface area contributed by atoms with E-state index in [9.17, 15) is 14.4 Å². The SMILES string of the molecule is CC(=O)O/N=C(\CC1CCNCC1)C(=O)c1ccc(Sc2ccc(C(=O)C(C)(C)N3CCOCC3)cc2)cc1. The Hall–Kier alpha value is -2.85. The van der Waals surface area contributed by atoms with Gasteiger partial charge in [-0.15, -0.1) is 0 Å². The molecule has 0 radical (unpaired) electrons. The molecule has 2 aliphatic heterocycles. The fourth-order valence-electron chi connectivity index (χ4n) is 4.92. The van der Waals surface area contributed by atoms with Crippen LogP contribution < -0.4 is 5.32 Å². The zero-order chi connectivity index (χ0) is 27.8. The quantitative estimate of drug-likeness (QED) is 0.198. The minimum absolute atomic E-state index is 0.0968. The predicted molar refractivity (Wildman–Crippen MR) is 152 cm³/mol. The molecule has 0 atom stereocenters. The molecule has 0 spiro atoms. The third-order valence-electron chi connectivity index (χ3n) is 7.31. The van der Waals surface area contributed by atoms with Gasteiger partial charge in [-0.25, -0.2) is 4.79 Å². The van der Waals surface area contributed by atoms with Crippen molar-refractivity contribution in [3.63, 3.8) is 0 Å². The van der Waals surface area contributed by atoms with Crippen molar-refractivity contribution in [2.24, 2.45) is 11.1 Å². The minimum atomic E-state index is -0.591. The normalized spacial score (nSPS) is 17.6. The molecule has 2 aliphatic rings. The highest BCUT2D eigenvalue weighted by Crippen LogP contribution is 2.30. The molecule has 0 amide bonds. The fraction of sp³-hybridized carbons (Fsp3) is 0.467. The van der Waals surface area contributed by atoms with Gasteiger partial charge in [0.1, 0.15) is 5.71 Å². The Morgan fingerprint density at radius 1 is 0.974 bits per heavy atom. The molecule has 2 aromatic carbocycles. The van der Waals surface area contributed by atoms with Crippen molar-refractivity contribution in [3.8, 4) is 0 Å². The van der Waals surface area contributed by atoms with Crippen molar-refractivity contribution in [1.29, 1.82) is 0 Å². The van der Waals surface area contributed by atoms with Gasteiger partial charge in [-0.05, 0) is 88.5 Å². The Labute approximate surface area is 234 Å². The van der Waals surface area contributed by atoms with Crippen molar-refractivity contribution in [3.05, 3.63) is 59.7 Å². The summed E-state index contributed by atoms with van der Waals surface area (Å²) in [4.78, 5) is 46.8. The van der Waals surface area contributed by atoms with Gasteiger partial charge in [0.15, 0.2) is 5.78 Å². The molecule has 4 rings (SSSR count). The van der Waals surface area contributed by atoms with E-state index < -0.39 is 11.5 Å². The van der Waals surface area contributed by atoms with Crippen molar-refractivity contribution < 1.29 is 24.0 Å². The second-order valence-corrected chi connectivity index (χ2v) is 11.6. The second kappa shape index (κ2) is 13.5. The first kappa shape index (κ1) is 29.1. The van der Waals surface area contributed by atoms with Gasteiger partial charge in [0.25, 0.3) is 0 Å². The third-order valence-corrected chi connectivity index (χ3v) is 8.33. The summed E-state index contributed by atoms with van der Waals surface area (Å²) in [5, 5.41) is 7.23. The summed E-state index contributed by atoms with van der Waals surface area (Å²) in [7, 11) is 0. The van der Waals surface area contributed by atoms with E-state index in [4.69, 9.17) is 9.57 Å². The molecule has 1 N–H and O–H groups in total. The number of morpholine rings is 1. The number of hydrogen-bond acceptors (Lipinski definition) is 9. The smallest absolute Gasteiger partial charge is 0.331 e. The molecular weight excluding hydrogens is 514 g/mol. The average Bonchev–Trinajstić information content (AvgIpc) is 2.96. The maximum Gasteiger partial charge on any atom is 0.331 e. The van der Waals surface area contributed by atoms with E-state index in [2.05, 4.69) is 15.4 Å². The van der Waals surface area contributed by atoms with Gasteiger partial charge in [0.05, 0.1) is 18.8 Å². The van der Waals surface area contributed by atoms with Gasteiger partial charge in [0, 0.05) is 40.9 Å². The molecule has 8 nitrogen and oxygen atoms in total. The number of nitrogens with one attached hydrogen (secondary N) is 1. The van der Waals surface area contributed by atoms with Crippen LogP contribution in [0.2, 0.25) is 0 Å². The van der Waals surface area contributed by atoms with Crippen LogP contribution >= 0.6 is 11.8 Å². The van der Waals surface area contributed by atoms with Gasteiger partial charge in [-0.1, -0.05) is 29.1 Å². The number of carbonyl (C=O) groups excluding carboxylic acids is 3. The van der Waals surface area contributed by atoms with Crippen LogP contribution in [-0.2, 0) is 14.4 Å². The van der Waals surface area contributed by atoms with Crippen LogP contribution in [-0.4, -0.2) is 73.1 Å². The molecule has 2 heterocycles. The van der Waals surface area contributed by atoms with Crippen molar-refractivity contribution in [2.45, 2.75) is 55.4 Å². The number of benzene rings is 2. The summed E-state index contributed by atoms with van der Waals surface area (Å²) in [6, 6.07) is 15.0. The summed E-state index contributed by atoms with van der Waals surface area (Å²) in [6.07, 6.45) is 2.39.